The van der Waals surface area contributed by atoms with Crippen molar-refractivity contribution < 1.29 is 13.9 Å². The van der Waals surface area contributed by atoms with Gasteiger partial charge in [0.05, 0.1) is 12.6 Å². The van der Waals surface area contributed by atoms with Crippen LogP contribution in [0.4, 0.5) is 9.52 Å². The SMILES string of the molecule is Fc1cccnc1O[C@H]1CN(c2nncs2)[C@H]2CCCO[C@@H]12. The molecule has 6 nitrogen and oxygen atoms in total. The third kappa shape index (κ3) is 2.42. The minimum Gasteiger partial charge on any atom is -0.468 e. The van der Waals surface area contributed by atoms with E-state index < -0.39 is 5.82 Å². The van der Waals surface area contributed by atoms with Gasteiger partial charge in [0, 0.05) is 12.8 Å². The van der Waals surface area contributed by atoms with Crippen LogP contribution < -0.4 is 9.64 Å². The summed E-state index contributed by atoms with van der Waals surface area (Å²) >= 11 is 1.49. The summed E-state index contributed by atoms with van der Waals surface area (Å²) in [7, 11) is 0. The van der Waals surface area contributed by atoms with Gasteiger partial charge < -0.3 is 14.4 Å². The van der Waals surface area contributed by atoms with Crippen LogP contribution in [0.1, 0.15) is 12.8 Å². The number of ether oxygens (including phenoxy) is 2. The van der Waals surface area contributed by atoms with Crippen LogP contribution in [0.3, 0.4) is 0 Å². The van der Waals surface area contributed by atoms with Gasteiger partial charge in [-0.2, -0.15) is 0 Å². The molecule has 0 N–H and O–H groups in total. The molecule has 2 saturated heterocycles. The molecule has 0 radical (unpaired) electrons. The Morgan fingerprint density at radius 2 is 2.41 bits per heavy atom. The molecular formula is C14H15FN4O2S. The zero-order valence-corrected chi connectivity index (χ0v) is 12.6. The number of rotatable bonds is 3. The van der Waals surface area contributed by atoms with Gasteiger partial charge >= 0.3 is 0 Å². The van der Waals surface area contributed by atoms with Gasteiger partial charge in [0.2, 0.25) is 5.13 Å². The molecule has 0 bridgehead atoms. The molecule has 3 atom stereocenters. The molecular weight excluding hydrogens is 307 g/mol. The second-order valence-corrected chi connectivity index (χ2v) is 6.18. The molecule has 0 amide bonds. The fourth-order valence-corrected chi connectivity index (χ4v) is 3.75. The first-order valence-corrected chi connectivity index (χ1v) is 8.12. The van der Waals surface area contributed by atoms with Crippen molar-refractivity contribution in [3.63, 3.8) is 0 Å². The highest BCUT2D eigenvalue weighted by Crippen LogP contribution is 2.35. The van der Waals surface area contributed by atoms with Crippen molar-refractivity contribution in [2.24, 2.45) is 0 Å². The van der Waals surface area contributed by atoms with Crippen LogP contribution in [-0.4, -0.2) is 46.6 Å². The van der Waals surface area contributed by atoms with Crippen molar-refractivity contribution in [2.75, 3.05) is 18.1 Å². The Hall–Kier alpha value is -1.80. The fraction of sp³-hybridized carbons (Fsp3) is 0.500. The van der Waals surface area contributed by atoms with Gasteiger partial charge in [-0.05, 0) is 25.0 Å². The van der Waals surface area contributed by atoms with Gasteiger partial charge in [0.15, 0.2) is 5.82 Å². The van der Waals surface area contributed by atoms with Crippen LogP contribution in [0.2, 0.25) is 0 Å². The Bertz CT molecular complexity index is 642. The van der Waals surface area contributed by atoms with Gasteiger partial charge in [-0.3, -0.25) is 0 Å². The standard InChI is InChI=1S/C14H15FN4O2S/c15-9-3-1-5-16-13(9)21-11-7-19(14-18-17-8-22-14)10-4-2-6-20-12(10)11/h1,3,5,8,10-12H,2,4,6-7H2/t10-,11-,12+/m0/s1. The van der Waals surface area contributed by atoms with Gasteiger partial charge in [0.25, 0.3) is 5.88 Å². The Kier molecular flexibility index (Phi) is 3.63. The molecule has 2 aliphatic heterocycles. The van der Waals surface area contributed by atoms with Crippen LogP contribution in [0, 0.1) is 5.82 Å². The van der Waals surface area contributed by atoms with E-state index in [0.717, 1.165) is 18.0 Å². The van der Waals surface area contributed by atoms with E-state index in [1.165, 1.54) is 23.6 Å². The van der Waals surface area contributed by atoms with E-state index in [4.69, 9.17) is 9.47 Å². The highest BCUT2D eigenvalue weighted by atomic mass is 32.1. The van der Waals surface area contributed by atoms with E-state index in [0.29, 0.717) is 13.2 Å². The highest BCUT2D eigenvalue weighted by Gasteiger charge is 2.46. The average molecular weight is 322 g/mol. The molecule has 2 aromatic rings. The lowest BCUT2D eigenvalue weighted by molar-refractivity contribution is -0.0381. The van der Waals surface area contributed by atoms with Crippen LogP contribution in [-0.2, 0) is 4.74 Å². The number of fused-ring (bicyclic) bond motifs is 1. The Labute approximate surface area is 130 Å². The number of pyridine rings is 1. The van der Waals surface area contributed by atoms with Crippen molar-refractivity contribution >= 4 is 16.5 Å². The molecule has 0 spiro atoms. The van der Waals surface area contributed by atoms with Crippen molar-refractivity contribution in [3.05, 3.63) is 29.7 Å². The smallest absolute Gasteiger partial charge is 0.250 e. The molecule has 0 saturated carbocycles. The van der Waals surface area contributed by atoms with Gasteiger partial charge in [-0.15, -0.1) is 10.2 Å². The van der Waals surface area contributed by atoms with Crippen molar-refractivity contribution in [1.29, 1.82) is 0 Å². The molecule has 22 heavy (non-hydrogen) atoms. The van der Waals surface area contributed by atoms with Crippen molar-refractivity contribution in [3.8, 4) is 5.88 Å². The molecule has 0 aliphatic carbocycles. The molecule has 4 heterocycles. The van der Waals surface area contributed by atoms with E-state index in [-0.39, 0.29) is 24.1 Å². The summed E-state index contributed by atoms with van der Waals surface area (Å²) < 4.78 is 25.5. The lowest BCUT2D eigenvalue weighted by Gasteiger charge is -2.31. The first-order valence-electron chi connectivity index (χ1n) is 7.24. The minimum absolute atomic E-state index is 0.0273. The Balaban J connectivity index is 1.58. The van der Waals surface area contributed by atoms with Crippen molar-refractivity contribution in [1.82, 2.24) is 15.2 Å². The largest absolute Gasteiger partial charge is 0.468 e. The average Bonchev–Trinajstić information content (AvgIpc) is 3.18. The lowest BCUT2D eigenvalue weighted by Crippen LogP contribution is -2.42. The molecule has 2 aliphatic rings. The fourth-order valence-electron chi connectivity index (χ4n) is 3.13. The summed E-state index contributed by atoms with van der Waals surface area (Å²) in [5.74, 6) is -0.427. The summed E-state index contributed by atoms with van der Waals surface area (Å²) in [5, 5.41) is 8.90. The van der Waals surface area contributed by atoms with E-state index in [1.807, 2.05) is 0 Å². The zero-order chi connectivity index (χ0) is 14.9. The maximum absolute atomic E-state index is 13.8. The summed E-state index contributed by atoms with van der Waals surface area (Å²) in [6.45, 7) is 1.30. The number of hydrogen-bond donors (Lipinski definition) is 0. The quantitative estimate of drug-likeness (QED) is 0.860. The Morgan fingerprint density at radius 3 is 3.23 bits per heavy atom. The van der Waals surface area contributed by atoms with Gasteiger partial charge in [0.1, 0.15) is 17.7 Å². The van der Waals surface area contributed by atoms with E-state index in [1.54, 1.807) is 11.6 Å². The lowest BCUT2D eigenvalue weighted by atomic mass is 10.0. The number of hydrogen-bond acceptors (Lipinski definition) is 7. The summed E-state index contributed by atoms with van der Waals surface area (Å²) in [4.78, 5) is 6.13. The summed E-state index contributed by atoms with van der Waals surface area (Å²) in [6.07, 6.45) is 3.17. The second-order valence-electron chi connectivity index (χ2n) is 5.37. The van der Waals surface area contributed by atoms with Crippen LogP contribution in [0.5, 0.6) is 5.88 Å². The van der Waals surface area contributed by atoms with Crippen LogP contribution in [0.25, 0.3) is 0 Å². The normalized spacial score (nSPS) is 27.7. The molecule has 116 valence electrons. The molecule has 8 heteroatoms. The van der Waals surface area contributed by atoms with E-state index in [9.17, 15) is 4.39 Å². The molecule has 2 fully saturated rings. The number of anilines is 1. The predicted molar refractivity (Wildman–Crippen MR) is 78.6 cm³/mol. The summed E-state index contributed by atoms with van der Waals surface area (Å²) in [6, 6.07) is 3.09. The summed E-state index contributed by atoms with van der Waals surface area (Å²) in [5.41, 5.74) is 1.71. The van der Waals surface area contributed by atoms with Crippen molar-refractivity contribution in [2.45, 2.75) is 31.1 Å². The Morgan fingerprint density at radius 1 is 1.45 bits per heavy atom. The molecule has 0 aromatic carbocycles. The number of nitrogens with zero attached hydrogens (tertiary/aromatic N) is 4. The topological polar surface area (TPSA) is 60.4 Å². The van der Waals surface area contributed by atoms with E-state index in [2.05, 4.69) is 20.1 Å². The highest BCUT2D eigenvalue weighted by molar-refractivity contribution is 7.13. The predicted octanol–water partition coefficient (Wildman–Crippen LogP) is 1.89. The van der Waals surface area contributed by atoms with E-state index >= 15 is 0 Å². The zero-order valence-electron chi connectivity index (χ0n) is 11.8. The first kappa shape index (κ1) is 13.8. The molecule has 0 unspecified atom stereocenters. The van der Waals surface area contributed by atoms with Crippen LogP contribution in [0.15, 0.2) is 23.8 Å². The third-order valence-electron chi connectivity index (χ3n) is 4.06. The molecule has 2 aromatic heterocycles. The molecule has 4 rings (SSSR count). The van der Waals surface area contributed by atoms with Gasteiger partial charge in [-0.1, -0.05) is 11.3 Å². The maximum atomic E-state index is 13.8. The number of halogens is 1. The van der Waals surface area contributed by atoms with Gasteiger partial charge in [-0.25, -0.2) is 9.37 Å². The number of aromatic nitrogens is 3. The monoisotopic (exact) mass is 322 g/mol. The minimum atomic E-state index is -0.454. The first-order chi connectivity index (χ1) is 10.8. The second kappa shape index (κ2) is 5.77. The third-order valence-corrected chi connectivity index (χ3v) is 4.79. The van der Waals surface area contributed by atoms with Crippen LogP contribution >= 0.6 is 11.3 Å². The maximum Gasteiger partial charge on any atom is 0.250 e.